The average molecular weight is 288 g/mol. The van der Waals surface area contributed by atoms with Crippen molar-refractivity contribution in [2.45, 2.75) is 0 Å². The van der Waals surface area contributed by atoms with Crippen molar-refractivity contribution >= 4 is 40.9 Å². The highest BCUT2D eigenvalue weighted by Crippen LogP contribution is 2.28. The molecule has 1 amide bonds. The number of carbonyl (C=O) groups is 1. The van der Waals surface area contributed by atoms with Crippen molar-refractivity contribution in [1.29, 1.82) is 0 Å². The number of halogens is 2. The number of aliphatic imine (C=N–C) groups is 1. The Morgan fingerprint density at radius 3 is 2.94 bits per heavy atom. The number of methoxy groups -OCH3 is 1. The van der Waals surface area contributed by atoms with Crippen LogP contribution in [0.25, 0.3) is 0 Å². The van der Waals surface area contributed by atoms with Crippen molar-refractivity contribution in [2.24, 2.45) is 4.99 Å². The summed E-state index contributed by atoms with van der Waals surface area (Å²) < 4.78 is 4.66. The van der Waals surface area contributed by atoms with Gasteiger partial charge in [0.25, 0.3) is 0 Å². The van der Waals surface area contributed by atoms with Gasteiger partial charge in [-0.2, -0.15) is 0 Å². The van der Waals surface area contributed by atoms with Gasteiger partial charge in [-0.15, -0.1) is 0 Å². The van der Waals surface area contributed by atoms with E-state index in [1.54, 1.807) is 18.2 Å². The van der Waals surface area contributed by atoms with E-state index in [0.29, 0.717) is 34.8 Å². The molecule has 1 saturated heterocycles. The number of guanidine groups is 1. The van der Waals surface area contributed by atoms with Gasteiger partial charge in [-0.1, -0.05) is 23.2 Å². The number of benzene rings is 1. The fraction of sp³-hybridized carbons (Fsp3) is 0.273. The molecule has 0 atom stereocenters. The van der Waals surface area contributed by atoms with Gasteiger partial charge in [0.2, 0.25) is 5.96 Å². The molecule has 0 saturated carbocycles. The van der Waals surface area contributed by atoms with Gasteiger partial charge in [-0.25, -0.2) is 14.7 Å². The third-order valence-electron chi connectivity index (χ3n) is 2.41. The first kappa shape index (κ1) is 13.0. The number of hydrogen-bond acceptors (Lipinski definition) is 3. The molecule has 7 heteroatoms. The fourth-order valence-electron chi connectivity index (χ4n) is 1.55. The number of amides is 1. The Bertz CT molecular complexity index is 505. The summed E-state index contributed by atoms with van der Waals surface area (Å²) in [5.74, 6) is 0.422. The Morgan fingerprint density at radius 2 is 2.28 bits per heavy atom. The molecule has 5 nitrogen and oxygen atoms in total. The highest BCUT2D eigenvalue weighted by Gasteiger charge is 2.25. The highest BCUT2D eigenvalue weighted by atomic mass is 35.5. The van der Waals surface area contributed by atoms with Crippen LogP contribution in [-0.4, -0.2) is 37.2 Å². The molecule has 0 aromatic heterocycles. The van der Waals surface area contributed by atoms with Crippen molar-refractivity contribution in [2.75, 3.05) is 20.2 Å². The summed E-state index contributed by atoms with van der Waals surface area (Å²) in [6.07, 6.45) is -0.455. The molecule has 1 fully saturated rings. The van der Waals surface area contributed by atoms with E-state index >= 15 is 0 Å². The first-order valence-electron chi connectivity index (χ1n) is 5.25. The van der Waals surface area contributed by atoms with Crippen LogP contribution in [-0.2, 0) is 4.74 Å². The van der Waals surface area contributed by atoms with Gasteiger partial charge in [-0.3, -0.25) is 0 Å². The molecule has 0 unspecified atom stereocenters. The molecule has 0 radical (unpaired) electrons. The lowest BCUT2D eigenvalue weighted by Gasteiger charge is -2.13. The van der Waals surface area contributed by atoms with Crippen LogP contribution >= 0.6 is 23.2 Å². The maximum atomic E-state index is 11.5. The zero-order chi connectivity index (χ0) is 13.1. The molecule has 1 N–H and O–H groups in total. The molecule has 18 heavy (non-hydrogen) atoms. The second kappa shape index (κ2) is 5.46. The molecule has 1 aliphatic heterocycles. The maximum absolute atomic E-state index is 11.5. The van der Waals surface area contributed by atoms with Crippen LogP contribution in [0.1, 0.15) is 0 Å². The molecular formula is C11H11Cl2N3O2. The summed E-state index contributed by atoms with van der Waals surface area (Å²) in [5.41, 5.74) is 0.541. The first-order chi connectivity index (χ1) is 8.61. The summed E-state index contributed by atoms with van der Waals surface area (Å²) in [6, 6.07) is 4.97. The van der Waals surface area contributed by atoms with Gasteiger partial charge < -0.3 is 10.1 Å². The Morgan fingerprint density at radius 1 is 1.50 bits per heavy atom. The van der Waals surface area contributed by atoms with Crippen LogP contribution in [0.3, 0.4) is 0 Å². The van der Waals surface area contributed by atoms with E-state index in [4.69, 9.17) is 23.2 Å². The van der Waals surface area contributed by atoms with Crippen LogP contribution in [0.15, 0.2) is 23.2 Å². The summed E-state index contributed by atoms with van der Waals surface area (Å²) in [4.78, 5) is 17.2. The Labute approximate surface area is 114 Å². The lowest BCUT2D eigenvalue weighted by molar-refractivity contribution is 0.149. The molecular weight excluding hydrogens is 277 g/mol. The van der Waals surface area contributed by atoms with Crippen molar-refractivity contribution in [3.05, 3.63) is 28.2 Å². The van der Waals surface area contributed by atoms with Crippen LogP contribution in [0.5, 0.6) is 0 Å². The Kier molecular flexibility index (Phi) is 3.93. The quantitative estimate of drug-likeness (QED) is 0.864. The molecule has 1 aromatic carbocycles. The van der Waals surface area contributed by atoms with E-state index in [1.807, 2.05) is 0 Å². The van der Waals surface area contributed by atoms with Gasteiger partial charge in [-0.05, 0) is 18.2 Å². The van der Waals surface area contributed by atoms with E-state index in [2.05, 4.69) is 15.0 Å². The zero-order valence-electron chi connectivity index (χ0n) is 9.61. The number of nitrogens with zero attached hydrogens (tertiary/aromatic N) is 2. The lowest BCUT2D eigenvalue weighted by Crippen LogP contribution is -2.35. The number of rotatable bonds is 1. The molecule has 0 spiro atoms. The van der Waals surface area contributed by atoms with Gasteiger partial charge >= 0.3 is 6.09 Å². The summed E-state index contributed by atoms with van der Waals surface area (Å²) >= 11 is 11.8. The number of hydrogen-bond donors (Lipinski definition) is 1. The van der Waals surface area contributed by atoms with Gasteiger partial charge in [0, 0.05) is 18.1 Å². The molecule has 1 heterocycles. The summed E-state index contributed by atoms with van der Waals surface area (Å²) in [6.45, 7) is 1.13. The minimum atomic E-state index is -0.455. The average Bonchev–Trinajstić information content (AvgIpc) is 2.80. The van der Waals surface area contributed by atoms with E-state index in [9.17, 15) is 4.79 Å². The standard InChI is InChI=1S/C11H11Cl2N3O2/c1-18-11(17)16-5-4-14-10(16)15-9-3-2-7(12)6-8(9)13/h2-3,6H,4-5H2,1H3,(H,14,15). The minimum Gasteiger partial charge on any atom is -0.452 e. The molecule has 0 bridgehead atoms. The van der Waals surface area contributed by atoms with Crippen molar-refractivity contribution in [3.63, 3.8) is 0 Å². The van der Waals surface area contributed by atoms with E-state index in [0.717, 1.165) is 0 Å². The van der Waals surface area contributed by atoms with E-state index in [1.165, 1.54) is 12.0 Å². The van der Waals surface area contributed by atoms with Crippen molar-refractivity contribution in [1.82, 2.24) is 10.2 Å². The van der Waals surface area contributed by atoms with Gasteiger partial charge in [0.15, 0.2) is 0 Å². The summed E-state index contributed by atoms with van der Waals surface area (Å²) in [7, 11) is 1.33. The maximum Gasteiger partial charge on any atom is 0.416 e. The molecule has 1 aromatic rings. The third kappa shape index (κ3) is 2.68. The summed E-state index contributed by atoms with van der Waals surface area (Å²) in [5, 5.41) is 3.96. The largest absolute Gasteiger partial charge is 0.452 e. The third-order valence-corrected chi connectivity index (χ3v) is 2.94. The van der Waals surface area contributed by atoms with E-state index < -0.39 is 6.09 Å². The molecule has 0 aliphatic carbocycles. The highest BCUT2D eigenvalue weighted by molar-refractivity contribution is 6.36. The first-order valence-corrected chi connectivity index (χ1v) is 6.00. The second-order valence-electron chi connectivity index (χ2n) is 3.58. The van der Waals surface area contributed by atoms with Crippen LogP contribution < -0.4 is 5.32 Å². The van der Waals surface area contributed by atoms with Gasteiger partial charge in [0.1, 0.15) is 0 Å². The fourth-order valence-corrected chi connectivity index (χ4v) is 2.01. The molecule has 2 rings (SSSR count). The van der Waals surface area contributed by atoms with Crippen LogP contribution in [0.4, 0.5) is 10.5 Å². The monoisotopic (exact) mass is 287 g/mol. The van der Waals surface area contributed by atoms with Crippen molar-refractivity contribution < 1.29 is 9.53 Å². The predicted molar refractivity (Wildman–Crippen MR) is 70.7 cm³/mol. The number of carbonyl (C=O) groups excluding carboxylic acids is 1. The number of nitrogens with one attached hydrogen (secondary N) is 1. The van der Waals surface area contributed by atoms with Crippen LogP contribution in [0.2, 0.25) is 10.0 Å². The second-order valence-corrected chi connectivity index (χ2v) is 4.42. The number of ether oxygens (including phenoxy) is 1. The van der Waals surface area contributed by atoms with Crippen LogP contribution in [0, 0.1) is 0 Å². The lowest BCUT2D eigenvalue weighted by atomic mass is 10.3. The predicted octanol–water partition coefficient (Wildman–Crippen LogP) is 2.65. The van der Waals surface area contributed by atoms with Gasteiger partial charge in [0.05, 0.1) is 17.8 Å². The minimum absolute atomic E-state index is 0.422. The topological polar surface area (TPSA) is 53.9 Å². The Hall–Kier alpha value is -1.46. The Balaban J connectivity index is 2.29. The molecule has 1 aliphatic rings. The molecule has 96 valence electrons. The SMILES string of the molecule is COC(=O)N1CCNC1=Nc1ccc(Cl)cc1Cl. The van der Waals surface area contributed by atoms with E-state index in [-0.39, 0.29) is 0 Å². The smallest absolute Gasteiger partial charge is 0.416 e. The normalized spacial score (nSPS) is 16.8. The van der Waals surface area contributed by atoms with Crippen molar-refractivity contribution in [3.8, 4) is 0 Å². The zero-order valence-corrected chi connectivity index (χ0v) is 11.1.